The van der Waals surface area contributed by atoms with Crippen molar-refractivity contribution in [1.29, 1.82) is 0 Å². The molecule has 0 saturated carbocycles. The average Bonchev–Trinajstić information content (AvgIpc) is 2.18. The van der Waals surface area contributed by atoms with Crippen LogP contribution >= 0.6 is 0 Å². The van der Waals surface area contributed by atoms with Gasteiger partial charge in [-0.15, -0.1) is 6.42 Å². The van der Waals surface area contributed by atoms with Crippen LogP contribution in [0.15, 0.2) is 6.07 Å². The Labute approximate surface area is 90.1 Å². The van der Waals surface area contributed by atoms with Crippen LogP contribution in [0.3, 0.4) is 0 Å². The van der Waals surface area contributed by atoms with Gasteiger partial charge in [-0.25, -0.2) is 0 Å². The molecule has 0 aliphatic rings. The lowest BCUT2D eigenvalue weighted by atomic mass is 9.74. The van der Waals surface area contributed by atoms with Crippen molar-refractivity contribution >= 4 is 12.6 Å². The van der Waals surface area contributed by atoms with Gasteiger partial charge < -0.3 is 15.8 Å². The summed E-state index contributed by atoms with van der Waals surface area (Å²) in [6.07, 6.45) is 5.39. The maximum atomic E-state index is 9.18. The summed E-state index contributed by atoms with van der Waals surface area (Å²) < 4.78 is 0. The van der Waals surface area contributed by atoms with E-state index in [4.69, 9.17) is 12.2 Å². The Kier molecular flexibility index (Phi) is 3.54. The monoisotopic (exact) mass is 203 g/mol. The van der Waals surface area contributed by atoms with Gasteiger partial charge in [0.25, 0.3) is 0 Å². The van der Waals surface area contributed by atoms with Gasteiger partial charge in [0.15, 0.2) is 0 Å². The molecular weight excluding hydrogens is 189 g/mol. The highest BCUT2D eigenvalue weighted by atomic mass is 16.4. The van der Waals surface area contributed by atoms with Crippen molar-refractivity contribution in [2.45, 2.75) is 20.4 Å². The average molecular weight is 203 g/mol. The van der Waals surface area contributed by atoms with E-state index in [1.165, 1.54) is 0 Å². The molecule has 4 heteroatoms. The molecule has 3 nitrogen and oxygen atoms in total. The molecule has 0 saturated heterocycles. The second kappa shape index (κ2) is 4.50. The fraction of sp³-hybridized carbons (Fsp3) is 0.273. The predicted molar refractivity (Wildman–Crippen MR) is 61.6 cm³/mol. The molecule has 0 atom stereocenters. The molecule has 0 amide bonds. The molecule has 0 bridgehead atoms. The highest BCUT2D eigenvalue weighted by molar-refractivity contribution is 6.59. The number of terminal acetylenes is 1. The zero-order chi connectivity index (χ0) is 11.6. The third-order valence-corrected chi connectivity index (χ3v) is 2.64. The van der Waals surface area contributed by atoms with E-state index in [0.717, 1.165) is 16.7 Å². The lowest BCUT2D eigenvalue weighted by molar-refractivity contribution is 0.425. The second-order valence-corrected chi connectivity index (χ2v) is 3.47. The fourth-order valence-corrected chi connectivity index (χ4v) is 1.69. The third-order valence-electron chi connectivity index (χ3n) is 2.64. The molecule has 1 aromatic rings. The molecule has 4 N–H and O–H groups in total. The predicted octanol–water partition coefficient (Wildman–Crippen LogP) is -0.577. The lowest BCUT2D eigenvalue weighted by Crippen LogP contribution is -2.34. The molecule has 0 radical (unpaired) electrons. The number of hydrogen-bond acceptors (Lipinski definition) is 3. The van der Waals surface area contributed by atoms with E-state index in [0.29, 0.717) is 17.6 Å². The standard InChI is InChI=1S/C11H14BNO2/c1-4-10-7(2)9(6-13)5-11(8(10)3)12(14)15/h1,5,14-15H,6,13H2,2-3H3. The van der Waals surface area contributed by atoms with Gasteiger partial charge in [0.2, 0.25) is 0 Å². The molecule has 1 rings (SSSR count). The third kappa shape index (κ3) is 2.05. The van der Waals surface area contributed by atoms with E-state index in [1.807, 2.05) is 6.92 Å². The Hall–Kier alpha value is -1.28. The van der Waals surface area contributed by atoms with Gasteiger partial charge >= 0.3 is 7.12 Å². The minimum atomic E-state index is -1.51. The maximum absolute atomic E-state index is 9.18. The zero-order valence-electron chi connectivity index (χ0n) is 8.91. The van der Waals surface area contributed by atoms with E-state index < -0.39 is 7.12 Å². The lowest BCUT2D eigenvalue weighted by Gasteiger charge is -2.14. The van der Waals surface area contributed by atoms with Crippen LogP contribution in [0, 0.1) is 26.2 Å². The molecule has 0 aliphatic heterocycles. The van der Waals surface area contributed by atoms with Crippen LogP contribution in [-0.4, -0.2) is 17.2 Å². The first-order chi connectivity index (χ1) is 7.02. The van der Waals surface area contributed by atoms with Gasteiger partial charge in [0, 0.05) is 12.1 Å². The highest BCUT2D eigenvalue weighted by Crippen LogP contribution is 2.15. The van der Waals surface area contributed by atoms with Crippen molar-refractivity contribution < 1.29 is 10.0 Å². The fourth-order valence-electron chi connectivity index (χ4n) is 1.69. The molecule has 0 aliphatic carbocycles. The van der Waals surface area contributed by atoms with E-state index in [-0.39, 0.29) is 0 Å². The largest absolute Gasteiger partial charge is 0.488 e. The van der Waals surface area contributed by atoms with Crippen LogP contribution in [-0.2, 0) is 6.54 Å². The quantitative estimate of drug-likeness (QED) is 0.445. The van der Waals surface area contributed by atoms with Crippen LogP contribution in [0.2, 0.25) is 0 Å². The first kappa shape index (κ1) is 11.8. The van der Waals surface area contributed by atoms with Crippen molar-refractivity contribution in [3.63, 3.8) is 0 Å². The van der Waals surface area contributed by atoms with Gasteiger partial charge in [-0.3, -0.25) is 0 Å². The van der Waals surface area contributed by atoms with Gasteiger partial charge in [0.1, 0.15) is 0 Å². The molecular formula is C11H14BNO2. The first-order valence-electron chi connectivity index (χ1n) is 4.68. The topological polar surface area (TPSA) is 66.5 Å². The summed E-state index contributed by atoms with van der Waals surface area (Å²) in [6, 6.07) is 1.69. The molecule has 0 unspecified atom stereocenters. The Morgan fingerprint density at radius 2 is 2.00 bits per heavy atom. The van der Waals surface area contributed by atoms with Crippen molar-refractivity contribution in [3.8, 4) is 12.3 Å². The van der Waals surface area contributed by atoms with Crippen molar-refractivity contribution in [2.24, 2.45) is 5.73 Å². The van der Waals surface area contributed by atoms with Gasteiger partial charge in [0.05, 0.1) is 0 Å². The van der Waals surface area contributed by atoms with E-state index in [9.17, 15) is 10.0 Å². The van der Waals surface area contributed by atoms with Crippen LogP contribution < -0.4 is 11.2 Å². The summed E-state index contributed by atoms with van der Waals surface area (Å²) in [5, 5.41) is 18.4. The summed E-state index contributed by atoms with van der Waals surface area (Å²) in [4.78, 5) is 0. The van der Waals surface area contributed by atoms with Crippen molar-refractivity contribution in [3.05, 3.63) is 28.3 Å². The highest BCUT2D eigenvalue weighted by Gasteiger charge is 2.18. The maximum Gasteiger partial charge on any atom is 0.488 e. The smallest absolute Gasteiger partial charge is 0.423 e. The molecule has 78 valence electrons. The summed E-state index contributed by atoms with van der Waals surface area (Å²) in [6.45, 7) is 4.00. The van der Waals surface area contributed by atoms with Crippen molar-refractivity contribution in [2.75, 3.05) is 0 Å². The molecule has 0 fully saturated rings. The molecule has 0 aromatic heterocycles. The number of rotatable bonds is 2. The SMILES string of the molecule is C#Cc1c(C)c(CN)cc(B(O)O)c1C. The van der Waals surface area contributed by atoms with Crippen LogP contribution in [0.4, 0.5) is 0 Å². The normalized spacial score (nSPS) is 9.87. The minimum absolute atomic E-state index is 0.334. The Balaban J connectivity index is 3.53. The van der Waals surface area contributed by atoms with E-state index >= 15 is 0 Å². The summed E-state index contributed by atoms with van der Waals surface area (Å²) in [7, 11) is -1.51. The second-order valence-electron chi connectivity index (χ2n) is 3.47. The Morgan fingerprint density at radius 3 is 2.40 bits per heavy atom. The van der Waals surface area contributed by atoms with Crippen LogP contribution in [0.25, 0.3) is 0 Å². The van der Waals surface area contributed by atoms with Gasteiger partial charge in [-0.05, 0) is 36.0 Å². The summed E-state index contributed by atoms with van der Waals surface area (Å²) >= 11 is 0. The minimum Gasteiger partial charge on any atom is -0.423 e. The van der Waals surface area contributed by atoms with Gasteiger partial charge in [-0.2, -0.15) is 0 Å². The first-order valence-corrected chi connectivity index (χ1v) is 4.68. The molecule has 0 spiro atoms. The summed E-state index contributed by atoms with van der Waals surface area (Å²) in [5.41, 5.74) is 9.18. The van der Waals surface area contributed by atoms with Crippen LogP contribution in [0.1, 0.15) is 22.3 Å². The number of nitrogens with two attached hydrogens (primary N) is 1. The Bertz CT molecular complexity index is 422. The van der Waals surface area contributed by atoms with E-state index in [1.54, 1.807) is 13.0 Å². The Morgan fingerprint density at radius 1 is 1.40 bits per heavy atom. The molecule has 1 aromatic carbocycles. The van der Waals surface area contributed by atoms with E-state index in [2.05, 4.69) is 5.92 Å². The zero-order valence-corrected chi connectivity index (χ0v) is 8.91. The molecule has 0 heterocycles. The van der Waals surface area contributed by atoms with Gasteiger partial charge in [-0.1, -0.05) is 12.0 Å². The number of benzene rings is 1. The van der Waals surface area contributed by atoms with Crippen molar-refractivity contribution in [1.82, 2.24) is 0 Å². The molecule has 15 heavy (non-hydrogen) atoms. The summed E-state index contributed by atoms with van der Waals surface area (Å²) in [5.74, 6) is 2.56. The van der Waals surface area contributed by atoms with Crippen LogP contribution in [0.5, 0.6) is 0 Å². The number of hydrogen-bond donors (Lipinski definition) is 3.